The Labute approximate surface area is 152 Å². The van der Waals surface area contributed by atoms with Crippen LogP contribution < -0.4 is 0 Å². The zero-order chi connectivity index (χ0) is 13.7. The number of aliphatic hydroxyl groups is 1. The van der Waals surface area contributed by atoms with Gasteiger partial charge in [-0.3, -0.25) is 4.90 Å². The smallest absolute Gasteiger partial charge is 0.0983 e. The van der Waals surface area contributed by atoms with Gasteiger partial charge in [0.25, 0.3) is 0 Å². The van der Waals surface area contributed by atoms with Gasteiger partial charge in [0, 0.05) is 56.2 Å². The minimum absolute atomic E-state index is 0. The van der Waals surface area contributed by atoms with E-state index in [1.165, 1.54) is 0 Å². The average Bonchev–Trinajstić information content (AvgIpc) is 2.65. The fraction of sp³-hybridized carbons (Fsp3) is 0.786. The van der Waals surface area contributed by atoms with Gasteiger partial charge in [0.1, 0.15) is 0 Å². The van der Waals surface area contributed by atoms with Crippen molar-refractivity contribution < 1.29 is 49.2 Å². The molecule has 105 valence electrons. The number of likely N-dealkylation sites (N-methyl/N-ethyl adjacent to an activating group) is 1. The molecule has 1 fully saturated rings. The predicted octanol–water partition coefficient (Wildman–Crippen LogP) is 2.36. The van der Waals surface area contributed by atoms with Crippen LogP contribution in [0.2, 0.25) is 0 Å². The molecule has 4 nitrogen and oxygen atoms in total. The SMILES string of the molecule is C/C=C\[C@@H]1C[C@H](C#N)N(C)[C@H]1[C@@H]([NH-])C(O)CCC.[Ac]. The quantitative estimate of drug-likeness (QED) is 0.619. The Kier molecular flexibility index (Phi) is 9.76. The summed E-state index contributed by atoms with van der Waals surface area (Å²) in [4.78, 5) is 1.96. The molecule has 0 aliphatic carbocycles. The molecular formula is C14H24AcN3O-. The summed E-state index contributed by atoms with van der Waals surface area (Å²) < 4.78 is 0. The van der Waals surface area contributed by atoms with Gasteiger partial charge in [-0.25, -0.2) is 0 Å². The molecule has 5 heteroatoms. The van der Waals surface area contributed by atoms with Crippen molar-refractivity contribution in [1.82, 2.24) is 4.90 Å². The third-order valence-electron chi connectivity index (χ3n) is 3.85. The van der Waals surface area contributed by atoms with Gasteiger partial charge in [-0.15, -0.1) is 0 Å². The Morgan fingerprint density at radius 3 is 2.68 bits per heavy atom. The second-order valence-corrected chi connectivity index (χ2v) is 5.11. The van der Waals surface area contributed by atoms with E-state index in [4.69, 9.17) is 11.0 Å². The van der Waals surface area contributed by atoms with Gasteiger partial charge >= 0.3 is 0 Å². The largest absolute Gasteiger partial charge is 0.671 e. The first-order valence-corrected chi connectivity index (χ1v) is 6.70. The monoisotopic (exact) mass is 477 g/mol. The molecule has 0 amide bonds. The standard InChI is InChI=1S/C14H24N3O.Ac/c1-4-6-10-8-11(9-15)17(3)14(10)13(16)12(18)7-5-2;/h4,6,10-14,16,18H,5,7-8H2,1-3H3;/q-1;/b6-4-;/t10-,11-,12?,13+,14-;/m1./s1. The van der Waals surface area contributed by atoms with E-state index in [2.05, 4.69) is 12.1 Å². The van der Waals surface area contributed by atoms with E-state index in [0.29, 0.717) is 6.42 Å². The average molecular weight is 477 g/mol. The zero-order valence-electron chi connectivity index (χ0n) is 12.1. The molecule has 19 heavy (non-hydrogen) atoms. The van der Waals surface area contributed by atoms with Crippen LogP contribution in [0.1, 0.15) is 33.1 Å². The number of hydrogen-bond acceptors (Lipinski definition) is 3. The van der Waals surface area contributed by atoms with Crippen molar-refractivity contribution in [2.75, 3.05) is 7.05 Å². The normalized spacial score (nSPS) is 30.8. The number of likely N-dealkylation sites (tertiary alicyclic amines) is 1. The van der Waals surface area contributed by atoms with Crippen LogP contribution in [0.3, 0.4) is 0 Å². The van der Waals surface area contributed by atoms with Crippen LogP contribution in [0.5, 0.6) is 0 Å². The van der Waals surface area contributed by atoms with Crippen molar-refractivity contribution in [2.45, 2.75) is 57.3 Å². The first-order valence-electron chi connectivity index (χ1n) is 6.70. The van der Waals surface area contributed by atoms with Gasteiger partial charge in [-0.2, -0.15) is 5.26 Å². The summed E-state index contributed by atoms with van der Waals surface area (Å²) in [6, 6.07) is 1.53. The van der Waals surface area contributed by atoms with Gasteiger partial charge in [-0.05, 0) is 32.7 Å². The van der Waals surface area contributed by atoms with Gasteiger partial charge in [0.15, 0.2) is 0 Å². The van der Waals surface area contributed by atoms with Crippen LogP contribution in [-0.2, 0) is 0 Å². The molecule has 1 aliphatic rings. The molecule has 0 aromatic heterocycles. The van der Waals surface area contributed by atoms with Crippen molar-refractivity contribution in [3.63, 3.8) is 0 Å². The Morgan fingerprint density at radius 2 is 2.21 bits per heavy atom. The topological polar surface area (TPSA) is 71.1 Å². The zero-order valence-corrected chi connectivity index (χ0v) is 16.8. The molecule has 0 aromatic carbocycles. The first-order chi connectivity index (χ1) is 8.56. The Hall–Kier alpha value is 0.552. The molecule has 0 spiro atoms. The number of aliphatic hydroxyl groups excluding tert-OH is 1. The van der Waals surface area contributed by atoms with Crippen LogP contribution in [-0.4, -0.2) is 41.3 Å². The third-order valence-corrected chi connectivity index (χ3v) is 3.85. The van der Waals surface area contributed by atoms with Crippen molar-refractivity contribution in [2.24, 2.45) is 5.92 Å². The number of nitriles is 1. The van der Waals surface area contributed by atoms with Crippen LogP contribution in [0, 0.1) is 61.3 Å². The van der Waals surface area contributed by atoms with Gasteiger partial charge in [0.2, 0.25) is 0 Å². The van der Waals surface area contributed by atoms with Crippen molar-refractivity contribution in [3.05, 3.63) is 17.9 Å². The number of hydrogen-bond donors (Lipinski definition) is 1. The molecule has 1 heterocycles. The fourth-order valence-electron chi connectivity index (χ4n) is 2.88. The molecule has 0 bridgehead atoms. The van der Waals surface area contributed by atoms with Crippen LogP contribution >= 0.6 is 0 Å². The summed E-state index contributed by atoms with van der Waals surface area (Å²) in [5.74, 6) is 0.193. The summed E-state index contributed by atoms with van der Waals surface area (Å²) in [5, 5.41) is 19.1. The minimum Gasteiger partial charge on any atom is -0.671 e. The molecule has 1 unspecified atom stereocenters. The number of nitrogens with zero attached hydrogens (tertiary/aromatic N) is 2. The number of nitrogens with one attached hydrogen (secondary N) is 1. The minimum atomic E-state index is -0.604. The maximum Gasteiger partial charge on any atom is 0.0983 e. The molecule has 5 atom stereocenters. The first kappa shape index (κ1) is 19.6. The third kappa shape index (κ3) is 4.80. The Bertz CT molecular complexity index is 329. The van der Waals surface area contributed by atoms with Gasteiger partial charge in [0.05, 0.1) is 12.1 Å². The molecule has 1 radical (unpaired) electrons. The van der Waals surface area contributed by atoms with E-state index < -0.39 is 12.1 Å². The van der Waals surface area contributed by atoms with E-state index in [1.54, 1.807) is 0 Å². The van der Waals surface area contributed by atoms with Crippen LogP contribution in [0.25, 0.3) is 5.73 Å². The summed E-state index contributed by atoms with van der Waals surface area (Å²) >= 11 is 0. The second kappa shape index (κ2) is 9.48. The summed E-state index contributed by atoms with van der Waals surface area (Å²) in [6.07, 6.45) is 5.73. The van der Waals surface area contributed by atoms with Crippen LogP contribution in [0.4, 0.5) is 0 Å². The molecule has 0 saturated carbocycles. The van der Waals surface area contributed by atoms with E-state index in [-0.39, 0.29) is 62.1 Å². The van der Waals surface area contributed by atoms with E-state index in [1.807, 2.05) is 31.9 Å². The number of allylic oxidation sites excluding steroid dienone is 1. The Balaban J connectivity index is 0.00000324. The molecule has 0 aromatic rings. The molecule has 1 aliphatic heterocycles. The molecular weight excluding hydrogens is 453 g/mol. The van der Waals surface area contributed by atoms with Crippen molar-refractivity contribution in [3.8, 4) is 6.07 Å². The molecule has 1 rings (SSSR count). The van der Waals surface area contributed by atoms with Gasteiger partial charge < -0.3 is 10.8 Å². The molecule has 1 saturated heterocycles. The van der Waals surface area contributed by atoms with Gasteiger partial charge in [-0.1, -0.05) is 31.5 Å². The second-order valence-electron chi connectivity index (χ2n) is 5.11. The number of rotatable bonds is 5. The maximum absolute atomic E-state index is 10.0. The van der Waals surface area contributed by atoms with Crippen molar-refractivity contribution >= 4 is 0 Å². The van der Waals surface area contributed by atoms with E-state index in [0.717, 1.165) is 12.8 Å². The molecule has 2 N–H and O–H groups in total. The summed E-state index contributed by atoms with van der Waals surface area (Å²) in [6.45, 7) is 3.97. The van der Waals surface area contributed by atoms with Crippen LogP contribution in [0.15, 0.2) is 12.2 Å². The summed E-state index contributed by atoms with van der Waals surface area (Å²) in [5.41, 5.74) is 8.25. The van der Waals surface area contributed by atoms with E-state index in [9.17, 15) is 5.11 Å². The van der Waals surface area contributed by atoms with E-state index >= 15 is 0 Å². The summed E-state index contributed by atoms with van der Waals surface area (Å²) in [7, 11) is 1.89. The van der Waals surface area contributed by atoms with Crippen molar-refractivity contribution in [1.29, 1.82) is 5.26 Å². The maximum atomic E-state index is 10.0. The Morgan fingerprint density at radius 1 is 1.58 bits per heavy atom. The predicted molar refractivity (Wildman–Crippen MR) is 72.9 cm³/mol. The fourth-order valence-corrected chi connectivity index (χ4v) is 2.88.